The summed E-state index contributed by atoms with van der Waals surface area (Å²) >= 11 is 5.16. The fourth-order valence-electron chi connectivity index (χ4n) is 2.09. The van der Waals surface area contributed by atoms with Crippen LogP contribution in [0.2, 0.25) is 0 Å². The van der Waals surface area contributed by atoms with Gasteiger partial charge in [0.1, 0.15) is 5.52 Å². The standard InChI is InChI=1S/C14H18F2N2OS/c1-9(2)19-8-4-3-7-18-13-11(17-14(18)20)6-5-10(15)12(13)16/h5-6,9H,3-4,7-8H2,1-2H3,(H,17,20). The predicted octanol–water partition coefficient (Wildman–Crippen LogP) is 4.18. The fourth-order valence-corrected chi connectivity index (χ4v) is 2.39. The Morgan fingerprint density at radius 2 is 2.05 bits per heavy atom. The van der Waals surface area contributed by atoms with Crippen molar-refractivity contribution in [1.82, 2.24) is 9.55 Å². The molecule has 2 rings (SSSR count). The van der Waals surface area contributed by atoms with Crippen LogP contribution in [0.5, 0.6) is 0 Å². The molecule has 110 valence electrons. The number of halogens is 2. The number of rotatable bonds is 6. The molecule has 1 N–H and O–H groups in total. The van der Waals surface area contributed by atoms with Crippen molar-refractivity contribution in [1.29, 1.82) is 0 Å². The highest BCUT2D eigenvalue weighted by atomic mass is 32.1. The zero-order valence-corrected chi connectivity index (χ0v) is 12.4. The van der Waals surface area contributed by atoms with E-state index < -0.39 is 11.6 Å². The third-order valence-electron chi connectivity index (χ3n) is 3.05. The number of ether oxygens (including phenoxy) is 1. The molecule has 0 atom stereocenters. The normalized spacial score (nSPS) is 11.7. The van der Waals surface area contributed by atoms with E-state index in [2.05, 4.69) is 4.98 Å². The number of nitrogens with one attached hydrogen (secondary N) is 1. The molecule has 0 saturated carbocycles. The van der Waals surface area contributed by atoms with E-state index in [4.69, 9.17) is 17.0 Å². The van der Waals surface area contributed by atoms with Crippen molar-refractivity contribution in [2.75, 3.05) is 6.61 Å². The van der Waals surface area contributed by atoms with Crippen LogP contribution in [-0.2, 0) is 11.3 Å². The smallest absolute Gasteiger partial charge is 0.184 e. The van der Waals surface area contributed by atoms with Gasteiger partial charge in [0.25, 0.3) is 0 Å². The molecule has 0 saturated heterocycles. The van der Waals surface area contributed by atoms with Crippen LogP contribution in [0.1, 0.15) is 26.7 Å². The summed E-state index contributed by atoms with van der Waals surface area (Å²) in [5, 5.41) is 0. The highest BCUT2D eigenvalue weighted by molar-refractivity contribution is 7.71. The summed E-state index contributed by atoms with van der Waals surface area (Å²) in [5.41, 5.74) is 0.729. The minimum Gasteiger partial charge on any atom is -0.379 e. The van der Waals surface area contributed by atoms with E-state index in [-0.39, 0.29) is 11.6 Å². The molecular formula is C14H18F2N2OS. The number of benzene rings is 1. The van der Waals surface area contributed by atoms with Gasteiger partial charge in [0.15, 0.2) is 16.4 Å². The van der Waals surface area contributed by atoms with Crippen LogP contribution in [0.4, 0.5) is 8.78 Å². The molecule has 0 aliphatic heterocycles. The molecule has 1 aromatic carbocycles. The van der Waals surface area contributed by atoms with Crippen molar-refractivity contribution < 1.29 is 13.5 Å². The zero-order valence-electron chi connectivity index (χ0n) is 11.6. The van der Waals surface area contributed by atoms with Crippen LogP contribution in [-0.4, -0.2) is 22.3 Å². The molecule has 0 spiro atoms. The zero-order chi connectivity index (χ0) is 14.7. The van der Waals surface area contributed by atoms with Gasteiger partial charge in [-0.25, -0.2) is 8.78 Å². The lowest BCUT2D eigenvalue weighted by Gasteiger charge is -2.08. The number of aromatic nitrogens is 2. The van der Waals surface area contributed by atoms with Crippen LogP contribution in [0.15, 0.2) is 12.1 Å². The quantitative estimate of drug-likeness (QED) is 0.640. The number of H-pyrrole nitrogens is 1. The van der Waals surface area contributed by atoms with E-state index in [1.54, 1.807) is 4.57 Å². The molecule has 0 fully saturated rings. The molecule has 0 unspecified atom stereocenters. The second kappa shape index (κ2) is 6.45. The Morgan fingerprint density at radius 1 is 1.30 bits per heavy atom. The highest BCUT2D eigenvalue weighted by Gasteiger charge is 2.13. The predicted molar refractivity (Wildman–Crippen MR) is 77.4 cm³/mol. The summed E-state index contributed by atoms with van der Waals surface area (Å²) in [6.07, 6.45) is 1.85. The van der Waals surface area contributed by atoms with E-state index in [1.165, 1.54) is 6.07 Å². The van der Waals surface area contributed by atoms with Crippen molar-refractivity contribution >= 4 is 23.3 Å². The lowest BCUT2D eigenvalue weighted by molar-refractivity contribution is 0.0754. The molecule has 2 aromatic rings. The Labute approximate surface area is 121 Å². The van der Waals surface area contributed by atoms with Gasteiger partial charge in [-0.05, 0) is 51.0 Å². The summed E-state index contributed by atoms with van der Waals surface area (Å²) in [5.74, 6) is -1.71. The molecule has 3 nitrogen and oxygen atoms in total. The van der Waals surface area contributed by atoms with Crippen LogP contribution < -0.4 is 0 Å². The van der Waals surface area contributed by atoms with E-state index in [9.17, 15) is 8.78 Å². The Hall–Kier alpha value is -1.27. The molecule has 0 bridgehead atoms. The average molecular weight is 300 g/mol. The summed E-state index contributed by atoms with van der Waals surface area (Å²) in [4.78, 5) is 2.89. The number of unbranched alkanes of at least 4 members (excludes halogenated alkanes) is 1. The first-order valence-electron chi connectivity index (χ1n) is 6.69. The number of aromatic amines is 1. The second-order valence-electron chi connectivity index (χ2n) is 4.97. The molecule has 1 heterocycles. The number of hydrogen-bond acceptors (Lipinski definition) is 2. The summed E-state index contributed by atoms with van der Waals surface area (Å²) in [6.45, 7) is 5.16. The van der Waals surface area contributed by atoms with E-state index >= 15 is 0 Å². The molecule has 6 heteroatoms. The maximum absolute atomic E-state index is 13.9. The van der Waals surface area contributed by atoms with E-state index in [1.807, 2.05) is 13.8 Å². The van der Waals surface area contributed by atoms with Crippen molar-refractivity contribution in [3.63, 3.8) is 0 Å². The molecule has 0 aliphatic carbocycles. The summed E-state index contributed by atoms with van der Waals surface area (Å²) < 4.78 is 34.6. The van der Waals surface area contributed by atoms with Gasteiger partial charge < -0.3 is 14.3 Å². The van der Waals surface area contributed by atoms with Gasteiger partial charge in [0.2, 0.25) is 0 Å². The molecular weight excluding hydrogens is 282 g/mol. The number of aryl methyl sites for hydroxylation is 1. The first-order chi connectivity index (χ1) is 9.50. The van der Waals surface area contributed by atoms with Gasteiger partial charge in [0, 0.05) is 13.2 Å². The highest BCUT2D eigenvalue weighted by Crippen LogP contribution is 2.21. The number of imidazole rings is 1. The van der Waals surface area contributed by atoms with Crippen LogP contribution in [0, 0.1) is 16.4 Å². The number of hydrogen-bond donors (Lipinski definition) is 1. The Kier molecular flexibility index (Phi) is 4.88. The van der Waals surface area contributed by atoms with Gasteiger partial charge in [0.05, 0.1) is 11.6 Å². The van der Waals surface area contributed by atoms with E-state index in [0.29, 0.717) is 23.4 Å². The minimum atomic E-state index is -0.858. The van der Waals surface area contributed by atoms with Gasteiger partial charge in [-0.2, -0.15) is 0 Å². The monoisotopic (exact) mass is 300 g/mol. The first kappa shape index (κ1) is 15.1. The molecule has 1 aromatic heterocycles. The van der Waals surface area contributed by atoms with Crippen molar-refractivity contribution in [3.8, 4) is 0 Å². The molecule has 0 radical (unpaired) electrons. The largest absolute Gasteiger partial charge is 0.379 e. The fraction of sp³-hybridized carbons (Fsp3) is 0.500. The van der Waals surface area contributed by atoms with Crippen molar-refractivity contribution in [2.24, 2.45) is 0 Å². The van der Waals surface area contributed by atoms with Crippen LogP contribution >= 0.6 is 12.2 Å². The van der Waals surface area contributed by atoms with Crippen LogP contribution in [0.3, 0.4) is 0 Å². The van der Waals surface area contributed by atoms with Gasteiger partial charge in [-0.15, -0.1) is 0 Å². The maximum Gasteiger partial charge on any atom is 0.184 e. The Morgan fingerprint density at radius 3 is 2.75 bits per heavy atom. The minimum absolute atomic E-state index is 0.205. The third kappa shape index (κ3) is 3.24. The lowest BCUT2D eigenvalue weighted by atomic mass is 10.2. The Bertz CT molecular complexity index is 648. The first-order valence-corrected chi connectivity index (χ1v) is 7.09. The van der Waals surface area contributed by atoms with Crippen molar-refractivity contribution in [2.45, 2.75) is 39.3 Å². The summed E-state index contributed by atoms with van der Waals surface area (Å²) in [7, 11) is 0. The van der Waals surface area contributed by atoms with Crippen LogP contribution in [0.25, 0.3) is 11.0 Å². The molecule has 0 amide bonds. The van der Waals surface area contributed by atoms with Gasteiger partial charge in [-0.1, -0.05) is 0 Å². The maximum atomic E-state index is 13.9. The SMILES string of the molecule is CC(C)OCCCCn1c(=S)[nH]c2ccc(F)c(F)c21. The topological polar surface area (TPSA) is 29.9 Å². The number of nitrogens with zero attached hydrogens (tertiary/aromatic N) is 1. The summed E-state index contributed by atoms with van der Waals surface area (Å²) in [6, 6.07) is 2.60. The number of fused-ring (bicyclic) bond motifs is 1. The van der Waals surface area contributed by atoms with E-state index in [0.717, 1.165) is 18.9 Å². The molecule has 20 heavy (non-hydrogen) atoms. The van der Waals surface area contributed by atoms with Gasteiger partial charge in [-0.3, -0.25) is 0 Å². The average Bonchev–Trinajstić information content (AvgIpc) is 2.70. The van der Waals surface area contributed by atoms with Crippen molar-refractivity contribution in [3.05, 3.63) is 28.5 Å². The second-order valence-corrected chi connectivity index (χ2v) is 5.35. The Balaban J connectivity index is 2.12. The lowest BCUT2D eigenvalue weighted by Crippen LogP contribution is -2.06. The molecule has 0 aliphatic rings. The third-order valence-corrected chi connectivity index (χ3v) is 3.38. The van der Waals surface area contributed by atoms with Gasteiger partial charge >= 0.3 is 0 Å².